The Morgan fingerprint density at radius 3 is 2.18 bits per heavy atom. The summed E-state index contributed by atoms with van der Waals surface area (Å²) in [5.41, 5.74) is -1.83. The van der Waals surface area contributed by atoms with Gasteiger partial charge in [0.2, 0.25) is 0 Å². The van der Waals surface area contributed by atoms with E-state index in [0.29, 0.717) is 18.4 Å². The number of esters is 3. The average Bonchev–Trinajstić information content (AvgIpc) is 3.01. The topological polar surface area (TPSA) is 88.1 Å². The van der Waals surface area contributed by atoms with Gasteiger partial charge in [-0.15, -0.1) is 0 Å². The van der Waals surface area contributed by atoms with E-state index in [1.54, 1.807) is 24.3 Å². The van der Waals surface area contributed by atoms with E-state index in [1.807, 2.05) is 26.8 Å². The summed E-state index contributed by atoms with van der Waals surface area (Å²) >= 11 is 0. The molecule has 2 saturated carbocycles. The summed E-state index contributed by atoms with van der Waals surface area (Å²) in [4.78, 5) is 37.5. The highest BCUT2D eigenvalue weighted by atomic mass is 16.6. The van der Waals surface area contributed by atoms with Crippen molar-refractivity contribution in [3.8, 4) is 0 Å². The lowest BCUT2D eigenvalue weighted by Gasteiger charge is -2.61. The Labute approximate surface area is 195 Å². The maximum Gasteiger partial charge on any atom is 0.338 e. The van der Waals surface area contributed by atoms with E-state index < -0.39 is 52.8 Å². The standard InChI is InChI=1S/C26H34O7/c1-15-12-13-20(30-16(2)27)25(6)22(32-23(29)18-10-8-7-9-11-18)21(31-17(3)28)19-14-26(15,25)33-24(19,4)5/h7-11,15,19-22H,12-14H2,1-6H3/t15-,19-,20-,21-,22+,25+,26-/m0/s1. The fraction of sp³-hybridized carbons (Fsp3) is 0.654. The van der Waals surface area contributed by atoms with Crippen LogP contribution in [-0.2, 0) is 28.5 Å². The van der Waals surface area contributed by atoms with Crippen molar-refractivity contribution >= 4 is 17.9 Å². The number of hydrogen-bond acceptors (Lipinski definition) is 7. The van der Waals surface area contributed by atoms with Crippen molar-refractivity contribution in [2.24, 2.45) is 17.3 Å². The maximum atomic E-state index is 13.3. The third-order valence-corrected chi connectivity index (χ3v) is 8.24. The zero-order valence-electron chi connectivity index (χ0n) is 20.3. The van der Waals surface area contributed by atoms with Crippen LogP contribution in [0, 0.1) is 17.3 Å². The van der Waals surface area contributed by atoms with E-state index in [9.17, 15) is 14.4 Å². The Bertz CT molecular complexity index is 941. The van der Waals surface area contributed by atoms with Crippen LogP contribution in [-0.4, -0.2) is 47.4 Å². The van der Waals surface area contributed by atoms with E-state index >= 15 is 0 Å². The van der Waals surface area contributed by atoms with E-state index in [1.165, 1.54) is 13.8 Å². The lowest BCUT2D eigenvalue weighted by molar-refractivity contribution is -0.270. The second-order valence-corrected chi connectivity index (χ2v) is 10.5. The predicted molar refractivity (Wildman–Crippen MR) is 119 cm³/mol. The van der Waals surface area contributed by atoms with Gasteiger partial charge in [-0.2, -0.15) is 0 Å². The van der Waals surface area contributed by atoms with E-state index in [4.69, 9.17) is 18.9 Å². The normalized spacial score (nSPS) is 38.7. The van der Waals surface area contributed by atoms with Gasteiger partial charge in [0.25, 0.3) is 0 Å². The van der Waals surface area contributed by atoms with Crippen molar-refractivity contribution in [1.82, 2.24) is 0 Å². The van der Waals surface area contributed by atoms with Gasteiger partial charge in [0.15, 0.2) is 6.10 Å². The van der Waals surface area contributed by atoms with Crippen molar-refractivity contribution in [3.05, 3.63) is 35.9 Å². The molecule has 7 heteroatoms. The summed E-state index contributed by atoms with van der Waals surface area (Å²) in [6.07, 6.45) is -0.0658. The molecule has 2 bridgehead atoms. The molecule has 1 aromatic rings. The molecule has 180 valence electrons. The molecule has 1 aliphatic heterocycles. The Morgan fingerprint density at radius 1 is 0.939 bits per heavy atom. The summed E-state index contributed by atoms with van der Waals surface area (Å²) in [5, 5.41) is 0. The number of benzene rings is 1. The molecule has 33 heavy (non-hydrogen) atoms. The average molecular weight is 459 g/mol. The molecular weight excluding hydrogens is 424 g/mol. The lowest BCUT2D eigenvalue weighted by Crippen LogP contribution is -2.71. The minimum Gasteiger partial charge on any atom is -0.462 e. The molecule has 1 aromatic carbocycles. The van der Waals surface area contributed by atoms with Crippen LogP contribution in [0.25, 0.3) is 0 Å². The number of ether oxygens (including phenoxy) is 4. The second-order valence-electron chi connectivity index (χ2n) is 10.5. The fourth-order valence-electron chi connectivity index (χ4n) is 6.68. The first-order valence-corrected chi connectivity index (χ1v) is 11.7. The van der Waals surface area contributed by atoms with Crippen molar-refractivity contribution in [2.75, 3.05) is 0 Å². The molecule has 2 aliphatic carbocycles. The Kier molecular flexibility index (Phi) is 5.84. The first-order chi connectivity index (χ1) is 15.4. The van der Waals surface area contributed by atoms with E-state index in [0.717, 1.165) is 6.42 Å². The molecule has 4 rings (SSSR count). The van der Waals surface area contributed by atoms with E-state index in [-0.39, 0.29) is 11.8 Å². The highest BCUT2D eigenvalue weighted by Crippen LogP contribution is 2.67. The highest BCUT2D eigenvalue weighted by molar-refractivity contribution is 5.89. The third kappa shape index (κ3) is 3.65. The van der Waals surface area contributed by atoms with Crippen molar-refractivity contribution in [3.63, 3.8) is 0 Å². The van der Waals surface area contributed by atoms with Gasteiger partial charge in [0, 0.05) is 19.8 Å². The zero-order valence-corrected chi connectivity index (χ0v) is 20.3. The second kappa shape index (κ2) is 8.12. The molecule has 0 unspecified atom stereocenters. The maximum absolute atomic E-state index is 13.3. The minimum absolute atomic E-state index is 0.134. The minimum atomic E-state index is -0.912. The van der Waals surface area contributed by atoms with Crippen LogP contribution in [0.5, 0.6) is 0 Å². The van der Waals surface area contributed by atoms with Gasteiger partial charge in [-0.25, -0.2) is 4.79 Å². The molecular formula is C26H34O7. The summed E-state index contributed by atoms with van der Waals surface area (Å²) < 4.78 is 24.8. The molecule has 0 radical (unpaired) electrons. The monoisotopic (exact) mass is 458 g/mol. The number of carbonyl (C=O) groups excluding carboxylic acids is 3. The van der Waals surface area contributed by atoms with Crippen molar-refractivity contribution in [1.29, 1.82) is 0 Å². The third-order valence-electron chi connectivity index (χ3n) is 8.24. The fourth-order valence-corrected chi connectivity index (χ4v) is 6.68. The van der Waals surface area contributed by atoms with Crippen molar-refractivity contribution < 1.29 is 33.3 Å². The Hall–Kier alpha value is -2.41. The summed E-state index contributed by atoms with van der Waals surface area (Å²) in [5.74, 6) is -1.40. The number of fused-ring (bicyclic) bond motifs is 1. The molecule has 7 atom stereocenters. The summed E-state index contributed by atoms with van der Waals surface area (Å²) in [6, 6.07) is 8.73. The van der Waals surface area contributed by atoms with Gasteiger partial charge in [0.1, 0.15) is 12.2 Å². The van der Waals surface area contributed by atoms with Gasteiger partial charge < -0.3 is 18.9 Å². The molecule has 1 spiro atoms. The van der Waals surface area contributed by atoms with Crippen LogP contribution in [0.1, 0.15) is 71.2 Å². The zero-order chi connectivity index (χ0) is 24.2. The van der Waals surface area contributed by atoms with Gasteiger partial charge in [-0.05, 0) is 58.1 Å². The quantitative estimate of drug-likeness (QED) is 0.496. The SMILES string of the molecule is CC(=O)O[C@@H]1[C@@H](OC(=O)c2ccccc2)[C@@]2(C)[C@@H](OC(C)=O)CC[C@H](C)[C@@]23C[C@@H]1C(C)(C)O3. The summed E-state index contributed by atoms with van der Waals surface area (Å²) in [6.45, 7) is 10.8. The van der Waals surface area contributed by atoms with E-state index in [2.05, 4.69) is 6.92 Å². The van der Waals surface area contributed by atoms with Gasteiger partial charge in [-0.1, -0.05) is 25.1 Å². The highest BCUT2D eigenvalue weighted by Gasteiger charge is 2.77. The van der Waals surface area contributed by atoms with Crippen LogP contribution in [0.2, 0.25) is 0 Å². The Balaban J connectivity index is 1.86. The molecule has 0 N–H and O–H groups in total. The molecule has 1 heterocycles. The van der Waals surface area contributed by atoms with Gasteiger partial charge in [-0.3, -0.25) is 9.59 Å². The van der Waals surface area contributed by atoms with Crippen LogP contribution in [0.3, 0.4) is 0 Å². The molecule has 0 aromatic heterocycles. The van der Waals surface area contributed by atoms with Crippen LogP contribution < -0.4 is 0 Å². The number of hydrogen-bond donors (Lipinski definition) is 0. The molecule has 3 fully saturated rings. The number of rotatable bonds is 4. The summed E-state index contributed by atoms with van der Waals surface area (Å²) in [7, 11) is 0. The van der Waals surface area contributed by atoms with Crippen LogP contribution in [0.15, 0.2) is 30.3 Å². The van der Waals surface area contributed by atoms with Crippen LogP contribution >= 0.6 is 0 Å². The largest absolute Gasteiger partial charge is 0.462 e. The lowest BCUT2D eigenvalue weighted by atomic mass is 9.49. The van der Waals surface area contributed by atoms with Gasteiger partial charge in [0.05, 0.1) is 22.2 Å². The van der Waals surface area contributed by atoms with Crippen LogP contribution in [0.4, 0.5) is 0 Å². The van der Waals surface area contributed by atoms with Gasteiger partial charge >= 0.3 is 17.9 Å². The molecule has 3 aliphatic rings. The predicted octanol–water partition coefficient (Wildman–Crippen LogP) is 4.08. The number of carbonyl (C=O) groups is 3. The molecule has 7 nitrogen and oxygen atoms in total. The smallest absolute Gasteiger partial charge is 0.338 e. The molecule has 0 amide bonds. The Morgan fingerprint density at radius 2 is 1.58 bits per heavy atom. The molecule has 1 saturated heterocycles. The van der Waals surface area contributed by atoms with Crippen molar-refractivity contribution in [2.45, 2.75) is 90.3 Å². The first-order valence-electron chi connectivity index (χ1n) is 11.7. The first kappa shape index (κ1) is 23.7.